The van der Waals surface area contributed by atoms with Crippen molar-refractivity contribution in [3.05, 3.63) is 0 Å². The molecule has 10 heteroatoms. The number of ether oxygens (including phenoxy) is 6. The van der Waals surface area contributed by atoms with Gasteiger partial charge < -0.3 is 28.4 Å². The summed E-state index contributed by atoms with van der Waals surface area (Å²) < 4.78 is 30.3. The fourth-order valence-corrected chi connectivity index (χ4v) is 5.67. The molecule has 4 atom stereocenters. The lowest BCUT2D eigenvalue weighted by molar-refractivity contribution is -0.160. The molecule has 0 N–H and O–H groups in total. The minimum Gasteiger partial charge on any atom is -0.431 e. The summed E-state index contributed by atoms with van der Waals surface area (Å²) in [5.41, 5.74) is 0. The standard InChI is InChI=1S/C24H34O10/c25-21(29-13-31-23(27)33-15-7-3-1-4-8-15)18-12-11-17-19(18)20(17)22(26)30-14-32-24(28)34-16-9-5-2-6-10-16/h15-20H,1-14H2/t17?,18?,19?,20-/m0/s1. The molecule has 0 bridgehead atoms. The van der Waals surface area contributed by atoms with Crippen LogP contribution in [-0.2, 0) is 38.0 Å². The summed E-state index contributed by atoms with van der Waals surface area (Å²) in [4.78, 5) is 48.3. The fourth-order valence-electron chi connectivity index (χ4n) is 5.67. The maximum absolute atomic E-state index is 12.4. The topological polar surface area (TPSA) is 124 Å². The highest BCUT2D eigenvalue weighted by molar-refractivity contribution is 5.81. The van der Waals surface area contributed by atoms with Gasteiger partial charge in [0.2, 0.25) is 13.6 Å². The summed E-state index contributed by atoms with van der Waals surface area (Å²) in [5.74, 6) is -1.97. The molecule has 10 nitrogen and oxygen atoms in total. The minimum atomic E-state index is -0.834. The van der Waals surface area contributed by atoms with Crippen molar-refractivity contribution in [3.8, 4) is 0 Å². The van der Waals surface area contributed by atoms with Gasteiger partial charge in [0.15, 0.2) is 0 Å². The third-order valence-electron chi connectivity index (χ3n) is 7.47. The van der Waals surface area contributed by atoms with Gasteiger partial charge in [-0.25, -0.2) is 9.59 Å². The Bertz CT molecular complexity index is 740. The maximum atomic E-state index is 12.4. The van der Waals surface area contributed by atoms with Crippen LogP contribution in [0.15, 0.2) is 0 Å². The van der Waals surface area contributed by atoms with Crippen LogP contribution >= 0.6 is 0 Å². The minimum absolute atomic E-state index is 0.0522. The number of fused-ring (bicyclic) bond motifs is 1. The number of rotatable bonds is 8. The Labute approximate surface area is 198 Å². The average Bonchev–Trinajstić information content (AvgIpc) is 3.38. The van der Waals surface area contributed by atoms with Crippen LogP contribution in [-0.4, -0.2) is 50.0 Å². The molecule has 190 valence electrons. The van der Waals surface area contributed by atoms with Crippen LogP contribution in [0.1, 0.15) is 77.0 Å². The van der Waals surface area contributed by atoms with Crippen molar-refractivity contribution >= 4 is 24.2 Å². The lowest BCUT2D eigenvalue weighted by atomic mass is 9.98. The van der Waals surface area contributed by atoms with Gasteiger partial charge in [0.05, 0.1) is 11.8 Å². The van der Waals surface area contributed by atoms with Gasteiger partial charge in [0, 0.05) is 0 Å². The second-order valence-electron chi connectivity index (χ2n) is 9.66. The number of hydrogen-bond donors (Lipinski definition) is 0. The quantitative estimate of drug-likeness (QED) is 0.282. The molecule has 34 heavy (non-hydrogen) atoms. The summed E-state index contributed by atoms with van der Waals surface area (Å²) >= 11 is 0. The number of carbonyl (C=O) groups is 4. The Morgan fingerprint density at radius 3 is 1.59 bits per heavy atom. The monoisotopic (exact) mass is 482 g/mol. The van der Waals surface area contributed by atoms with E-state index in [4.69, 9.17) is 28.4 Å². The molecule has 0 aromatic carbocycles. The Morgan fingerprint density at radius 2 is 1.06 bits per heavy atom. The van der Waals surface area contributed by atoms with Gasteiger partial charge in [-0.1, -0.05) is 12.8 Å². The van der Waals surface area contributed by atoms with Gasteiger partial charge in [-0.15, -0.1) is 0 Å². The van der Waals surface area contributed by atoms with Crippen LogP contribution in [0.4, 0.5) is 9.59 Å². The first-order valence-electron chi connectivity index (χ1n) is 12.5. The van der Waals surface area contributed by atoms with E-state index in [1.807, 2.05) is 0 Å². The Balaban J connectivity index is 1.10. The smallest absolute Gasteiger partial charge is 0.431 e. The molecule has 0 amide bonds. The van der Waals surface area contributed by atoms with E-state index >= 15 is 0 Å². The molecule has 0 aromatic rings. The zero-order valence-corrected chi connectivity index (χ0v) is 19.4. The van der Waals surface area contributed by atoms with Crippen molar-refractivity contribution in [3.63, 3.8) is 0 Å². The Hall–Kier alpha value is -2.52. The molecule has 4 rings (SSSR count). The third-order valence-corrected chi connectivity index (χ3v) is 7.47. The normalized spacial score (nSPS) is 28.8. The van der Waals surface area contributed by atoms with Crippen LogP contribution in [0.25, 0.3) is 0 Å². The summed E-state index contributed by atoms with van der Waals surface area (Å²) in [6.45, 7) is -1.02. The molecule has 4 aliphatic carbocycles. The molecule has 4 saturated carbocycles. The number of carbonyl (C=O) groups excluding carboxylic acids is 4. The van der Waals surface area contributed by atoms with Crippen LogP contribution < -0.4 is 0 Å². The van der Waals surface area contributed by atoms with E-state index in [0.717, 1.165) is 64.2 Å². The van der Waals surface area contributed by atoms with Gasteiger partial charge in [0.25, 0.3) is 0 Å². The predicted molar refractivity (Wildman–Crippen MR) is 114 cm³/mol. The van der Waals surface area contributed by atoms with E-state index < -0.39 is 49.7 Å². The summed E-state index contributed by atoms with van der Waals surface area (Å²) in [6, 6.07) is 0. The molecular formula is C24H34O10. The molecule has 4 aliphatic rings. The maximum Gasteiger partial charge on any atom is 0.511 e. The van der Waals surface area contributed by atoms with Crippen molar-refractivity contribution in [2.45, 2.75) is 89.3 Å². The molecule has 0 radical (unpaired) electrons. The molecule has 0 aliphatic heterocycles. The van der Waals surface area contributed by atoms with E-state index in [1.54, 1.807) is 0 Å². The van der Waals surface area contributed by atoms with E-state index in [0.29, 0.717) is 12.8 Å². The van der Waals surface area contributed by atoms with E-state index in [-0.39, 0.29) is 24.0 Å². The summed E-state index contributed by atoms with van der Waals surface area (Å²) in [5, 5.41) is 0. The SMILES string of the molecule is O=C(OCOC(=O)C1CCC2C1[C@H]2C(=O)OCOC(=O)OC1CCCCC1)OC1CCCCC1. The first-order chi connectivity index (χ1) is 16.5. The predicted octanol–water partition coefficient (Wildman–Crippen LogP) is 4.23. The van der Waals surface area contributed by atoms with E-state index in [1.165, 1.54) is 0 Å². The zero-order chi connectivity index (χ0) is 23.9. The Morgan fingerprint density at radius 1 is 0.559 bits per heavy atom. The highest BCUT2D eigenvalue weighted by atomic mass is 16.8. The first-order valence-corrected chi connectivity index (χ1v) is 12.5. The van der Waals surface area contributed by atoms with Crippen LogP contribution in [0, 0.1) is 23.7 Å². The number of hydrogen-bond acceptors (Lipinski definition) is 10. The molecular weight excluding hydrogens is 448 g/mol. The van der Waals surface area contributed by atoms with Crippen molar-refractivity contribution in [2.75, 3.05) is 13.6 Å². The number of esters is 2. The van der Waals surface area contributed by atoms with Crippen LogP contribution in [0.2, 0.25) is 0 Å². The van der Waals surface area contributed by atoms with Crippen LogP contribution in [0.3, 0.4) is 0 Å². The highest BCUT2D eigenvalue weighted by Crippen LogP contribution is 2.61. The Kier molecular flexibility index (Phi) is 8.50. The summed E-state index contributed by atoms with van der Waals surface area (Å²) in [7, 11) is 0. The van der Waals surface area contributed by atoms with Gasteiger partial charge in [-0.05, 0) is 76.0 Å². The van der Waals surface area contributed by atoms with Gasteiger partial charge in [0.1, 0.15) is 12.2 Å². The van der Waals surface area contributed by atoms with Gasteiger partial charge in [-0.3, -0.25) is 9.59 Å². The molecule has 0 saturated heterocycles. The second kappa shape index (κ2) is 11.8. The zero-order valence-electron chi connectivity index (χ0n) is 19.4. The van der Waals surface area contributed by atoms with Crippen molar-refractivity contribution < 1.29 is 47.6 Å². The fraction of sp³-hybridized carbons (Fsp3) is 0.833. The lowest BCUT2D eigenvalue weighted by Crippen LogP contribution is -2.25. The van der Waals surface area contributed by atoms with Gasteiger partial charge in [-0.2, -0.15) is 0 Å². The van der Waals surface area contributed by atoms with E-state index in [2.05, 4.69) is 0 Å². The lowest BCUT2D eigenvalue weighted by Gasteiger charge is -2.21. The third kappa shape index (κ3) is 6.54. The van der Waals surface area contributed by atoms with Gasteiger partial charge >= 0.3 is 24.2 Å². The van der Waals surface area contributed by atoms with Crippen LogP contribution in [0.5, 0.6) is 0 Å². The summed E-state index contributed by atoms with van der Waals surface area (Å²) in [6.07, 6.45) is 9.06. The molecule has 0 aromatic heterocycles. The molecule has 4 fully saturated rings. The average molecular weight is 483 g/mol. The largest absolute Gasteiger partial charge is 0.511 e. The molecule has 3 unspecified atom stereocenters. The molecule has 0 heterocycles. The van der Waals surface area contributed by atoms with E-state index in [9.17, 15) is 19.2 Å². The molecule has 0 spiro atoms. The van der Waals surface area contributed by atoms with Crippen molar-refractivity contribution in [2.24, 2.45) is 23.7 Å². The van der Waals surface area contributed by atoms with Crippen molar-refractivity contribution in [1.29, 1.82) is 0 Å². The highest BCUT2D eigenvalue weighted by Gasteiger charge is 2.64. The first kappa shape index (κ1) is 24.6. The second-order valence-corrected chi connectivity index (χ2v) is 9.66. The van der Waals surface area contributed by atoms with Crippen molar-refractivity contribution in [1.82, 2.24) is 0 Å².